The molecule has 0 N–H and O–H groups in total. The van der Waals surface area contributed by atoms with E-state index in [0.29, 0.717) is 11.6 Å². The lowest BCUT2D eigenvalue weighted by Gasteiger charge is -2.14. The zero-order valence-corrected chi connectivity index (χ0v) is 27.3. The second-order valence-electron chi connectivity index (χ2n) is 13.1. The van der Waals surface area contributed by atoms with Crippen LogP contribution in [0.5, 0.6) is 0 Å². The Morgan fingerprint density at radius 1 is 0.529 bits per heavy atom. The lowest BCUT2D eigenvalue weighted by Crippen LogP contribution is -2.07. The van der Waals surface area contributed by atoms with Gasteiger partial charge in [0.15, 0.2) is 11.6 Å². The third-order valence-electron chi connectivity index (χ3n) is 10.1. The summed E-state index contributed by atoms with van der Waals surface area (Å²) in [5.74, 6) is 2.08. The number of aromatic nitrogens is 4. The first-order chi connectivity index (χ1) is 25.3. The molecule has 1 aliphatic rings. The van der Waals surface area contributed by atoms with Crippen molar-refractivity contribution in [2.24, 2.45) is 0 Å². The summed E-state index contributed by atoms with van der Waals surface area (Å²) in [6, 6.07) is 44.1. The predicted molar refractivity (Wildman–Crippen MR) is 205 cm³/mol. The van der Waals surface area contributed by atoms with Crippen molar-refractivity contribution in [1.82, 2.24) is 19.5 Å². The van der Waals surface area contributed by atoms with Gasteiger partial charge in [0.25, 0.3) is 0 Å². The summed E-state index contributed by atoms with van der Waals surface area (Å²) in [6.07, 6.45) is 9.29. The van der Waals surface area contributed by atoms with E-state index in [2.05, 4.69) is 108 Å². The summed E-state index contributed by atoms with van der Waals surface area (Å²) in [6.45, 7) is 0. The fourth-order valence-corrected chi connectivity index (χ4v) is 7.73. The van der Waals surface area contributed by atoms with Gasteiger partial charge in [-0.2, -0.15) is 0 Å². The molecule has 6 aromatic carbocycles. The molecule has 0 saturated heterocycles. The molecule has 6 heteroatoms. The molecule has 0 spiro atoms. The molecule has 11 rings (SSSR count). The highest BCUT2D eigenvalue weighted by Crippen LogP contribution is 2.41. The van der Waals surface area contributed by atoms with Crippen LogP contribution in [0.1, 0.15) is 18.2 Å². The average Bonchev–Trinajstić information content (AvgIpc) is 3.86. The summed E-state index contributed by atoms with van der Waals surface area (Å²) in [7, 11) is 0. The van der Waals surface area contributed by atoms with Crippen LogP contribution in [0.2, 0.25) is 0 Å². The normalized spacial score (nSPS) is 14.6. The molecule has 51 heavy (non-hydrogen) atoms. The first kappa shape index (κ1) is 28.1. The number of benzene rings is 6. The van der Waals surface area contributed by atoms with E-state index in [0.717, 1.165) is 89.4 Å². The number of hydrogen-bond donors (Lipinski definition) is 0. The monoisotopic (exact) mass is 656 g/mol. The van der Waals surface area contributed by atoms with Crippen molar-refractivity contribution in [3.05, 3.63) is 158 Å². The number of furan rings is 2. The highest BCUT2D eigenvalue weighted by atomic mass is 16.3. The number of para-hydroxylation sites is 3. The van der Waals surface area contributed by atoms with Crippen molar-refractivity contribution in [3.8, 4) is 28.5 Å². The molecule has 0 bridgehead atoms. The number of hydrogen-bond acceptors (Lipinski definition) is 5. The van der Waals surface area contributed by atoms with Crippen LogP contribution in [0, 0.1) is 0 Å². The van der Waals surface area contributed by atoms with Gasteiger partial charge < -0.3 is 13.4 Å². The van der Waals surface area contributed by atoms with E-state index in [9.17, 15) is 0 Å². The molecule has 10 aromatic rings. The molecule has 1 unspecified atom stereocenters. The van der Waals surface area contributed by atoms with Gasteiger partial charge in [0.1, 0.15) is 28.2 Å². The summed E-state index contributed by atoms with van der Waals surface area (Å²) in [5.41, 5.74) is 8.46. The third-order valence-corrected chi connectivity index (χ3v) is 10.1. The maximum absolute atomic E-state index is 6.66. The second kappa shape index (κ2) is 10.9. The van der Waals surface area contributed by atoms with Crippen molar-refractivity contribution in [2.45, 2.75) is 12.3 Å². The van der Waals surface area contributed by atoms with E-state index in [-0.39, 0.29) is 5.92 Å². The molecule has 0 saturated carbocycles. The third kappa shape index (κ3) is 4.33. The van der Waals surface area contributed by atoms with Gasteiger partial charge in [-0.25, -0.2) is 15.0 Å². The minimum atomic E-state index is 0.0733. The molecule has 1 atom stereocenters. The number of fused-ring (bicyclic) bond motifs is 9. The number of allylic oxidation sites excluding steroid dienone is 4. The van der Waals surface area contributed by atoms with Gasteiger partial charge in [-0.3, -0.25) is 0 Å². The smallest absolute Gasteiger partial charge is 0.167 e. The van der Waals surface area contributed by atoms with Crippen LogP contribution in [0.15, 0.2) is 161 Å². The highest BCUT2D eigenvalue weighted by Gasteiger charge is 2.21. The van der Waals surface area contributed by atoms with Gasteiger partial charge >= 0.3 is 0 Å². The Balaban J connectivity index is 1.12. The van der Waals surface area contributed by atoms with Crippen LogP contribution in [-0.4, -0.2) is 19.5 Å². The van der Waals surface area contributed by atoms with Crippen LogP contribution in [0.4, 0.5) is 0 Å². The van der Waals surface area contributed by atoms with Crippen molar-refractivity contribution < 1.29 is 8.83 Å². The standard InChI is InChI=1S/C45H28N4O2/c1-3-12-27(13-4-1)43-46-44(28-14-5-2-6-15-28)48-45(47-43)33-19-11-18-32-35-24-29(22-23-40(35)51-42(32)33)49-37-20-9-7-16-30(37)34-26-41-36(25-38(34)49)31-17-8-10-21-39(31)50-41/h1-14,16-26,28H,15H2. The molecule has 0 aliphatic heterocycles. The maximum Gasteiger partial charge on any atom is 0.167 e. The van der Waals surface area contributed by atoms with Gasteiger partial charge in [0.2, 0.25) is 0 Å². The highest BCUT2D eigenvalue weighted by molar-refractivity contribution is 6.17. The van der Waals surface area contributed by atoms with E-state index in [1.54, 1.807) is 0 Å². The Labute approximate surface area is 291 Å². The summed E-state index contributed by atoms with van der Waals surface area (Å²) in [5, 5.41) is 6.59. The Hall–Kier alpha value is -6.79. The zero-order chi connectivity index (χ0) is 33.5. The molecule has 4 aromatic heterocycles. The Kier molecular flexibility index (Phi) is 5.98. The van der Waals surface area contributed by atoms with Gasteiger partial charge in [0, 0.05) is 49.5 Å². The molecular formula is C45H28N4O2. The van der Waals surface area contributed by atoms with Gasteiger partial charge in [-0.05, 0) is 55.0 Å². The largest absolute Gasteiger partial charge is 0.456 e. The van der Waals surface area contributed by atoms with E-state index in [4.69, 9.17) is 23.8 Å². The second-order valence-corrected chi connectivity index (χ2v) is 13.1. The quantitative estimate of drug-likeness (QED) is 0.189. The Bertz CT molecular complexity index is 3070. The number of nitrogens with zero attached hydrogens (tertiary/aromatic N) is 4. The van der Waals surface area contributed by atoms with Crippen LogP contribution < -0.4 is 0 Å². The molecule has 240 valence electrons. The number of rotatable bonds is 4. The minimum Gasteiger partial charge on any atom is -0.456 e. The molecule has 0 radical (unpaired) electrons. The lowest BCUT2D eigenvalue weighted by molar-refractivity contribution is 0.669. The molecule has 0 fully saturated rings. The molecule has 6 nitrogen and oxygen atoms in total. The first-order valence-electron chi connectivity index (χ1n) is 17.2. The SMILES string of the molecule is C1=CCC(c2nc(-c3ccccc3)nc(-c3cccc4c3oc3ccc(-n5c6ccccc6c6cc7oc8ccccc8c7cc65)cc34)n2)C=C1. The van der Waals surface area contributed by atoms with Crippen LogP contribution >= 0.6 is 0 Å². The minimum absolute atomic E-state index is 0.0733. The molecular weight excluding hydrogens is 629 g/mol. The van der Waals surface area contributed by atoms with Gasteiger partial charge in [-0.1, -0.05) is 103 Å². The van der Waals surface area contributed by atoms with Crippen molar-refractivity contribution in [2.75, 3.05) is 0 Å². The first-order valence-corrected chi connectivity index (χ1v) is 17.2. The van der Waals surface area contributed by atoms with Gasteiger partial charge in [-0.15, -0.1) is 0 Å². The van der Waals surface area contributed by atoms with Crippen molar-refractivity contribution in [1.29, 1.82) is 0 Å². The van der Waals surface area contributed by atoms with E-state index >= 15 is 0 Å². The Morgan fingerprint density at radius 3 is 2.22 bits per heavy atom. The van der Waals surface area contributed by atoms with Crippen LogP contribution in [0.25, 0.3) is 94.1 Å². The van der Waals surface area contributed by atoms with Crippen molar-refractivity contribution in [3.63, 3.8) is 0 Å². The summed E-state index contributed by atoms with van der Waals surface area (Å²) < 4.78 is 15.3. The van der Waals surface area contributed by atoms with Crippen molar-refractivity contribution >= 4 is 65.7 Å². The van der Waals surface area contributed by atoms with Gasteiger partial charge in [0.05, 0.1) is 16.6 Å². The van der Waals surface area contributed by atoms with E-state index < -0.39 is 0 Å². The molecule has 4 heterocycles. The fourth-order valence-electron chi connectivity index (χ4n) is 7.73. The maximum atomic E-state index is 6.66. The van der Waals surface area contributed by atoms with E-state index in [1.807, 2.05) is 48.5 Å². The fraction of sp³-hybridized carbons (Fsp3) is 0.0444. The summed E-state index contributed by atoms with van der Waals surface area (Å²) >= 11 is 0. The van der Waals surface area contributed by atoms with Crippen LogP contribution in [-0.2, 0) is 0 Å². The van der Waals surface area contributed by atoms with Crippen LogP contribution in [0.3, 0.4) is 0 Å². The Morgan fingerprint density at radius 2 is 1.31 bits per heavy atom. The average molecular weight is 657 g/mol. The molecule has 1 aliphatic carbocycles. The molecule has 0 amide bonds. The lowest BCUT2D eigenvalue weighted by atomic mass is 10.00. The predicted octanol–water partition coefficient (Wildman–Crippen LogP) is 11.7. The summed E-state index contributed by atoms with van der Waals surface area (Å²) in [4.78, 5) is 15.0. The topological polar surface area (TPSA) is 69.9 Å². The zero-order valence-electron chi connectivity index (χ0n) is 27.3. The van der Waals surface area contributed by atoms with E-state index in [1.165, 1.54) is 5.39 Å².